The molecular weight excluding hydrogens is 192 g/mol. The van der Waals surface area contributed by atoms with E-state index in [1.54, 1.807) is 14.0 Å². The molecule has 1 saturated carbocycles. The second kappa shape index (κ2) is 3.45. The third kappa shape index (κ3) is 1.49. The zero-order valence-electron chi connectivity index (χ0n) is 9.39. The average molecular weight is 208 g/mol. The number of rotatable bonds is 2. The Morgan fingerprint density at radius 1 is 1.40 bits per heavy atom. The lowest BCUT2D eigenvalue weighted by molar-refractivity contribution is -0.0849. The van der Waals surface area contributed by atoms with Crippen molar-refractivity contribution in [1.29, 1.82) is 0 Å². The molecule has 1 aliphatic rings. The predicted octanol–water partition coefficient (Wildman–Crippen LogP) is 1.41. The van der Waals surface area contributed by atoms with Gasteiger partial charge in [-0.3, -0.25) is 4.79 Å². The highest BCUT2D eigenvalue weighted by molar-refractivity contribution is 5.18. The number of aromatic amines is 1. The molecule has 15 heavy (non-hydrogen) atoms. The molecule has 0 spiro atoms. The number of methoxy groups -OCH3 is 1. The highest BCUT2D eigenvalue weighted by Gasteiger charge is 2.41. The molecule has 1 heterocycles. The molecule has 0 aromatic carbocycles. The molecule has 1 fully saturated rings. The zero-order chi connectivity index (χ0) is 11.1. The fourth-order valence-corrected chi connectivity index (χ4v) is 1.90. The molecule has 0 unspecified atom stereocenters. The molecule has 0 radical (unpaired) electrons. The topological polar surface area (TPSA) is 55.0 Å². The van der Waals surface area contributed by atoms with Gasteiger partial charge in [-0.2, -0.15) is 0 Å². The fourth-order valence-electron chi connectivity index (χ4n) is 1.90. The van der Waals surface area contributed by atoms with Crippen molar-refractivity contribution >= 4 is 0 Å². The number of aromatic nitrogens is 2. The summed E-state index contributed by atoms with van der Waals surface area (Å²) >= 11 is 0. The summed E-state index contributed by atoms with van der Waals surface area (Å²) in [4.78, 5) is 18.8. The van der Waals surface area contributed by atoms with Gasteiger partial charge < -0.3 is 9.72 Å². The first-order valence-corrected chi connectivity index (χ1v) is 5.22. The van der Waals surface area contributed by atoms with E-state index in [0.717, 1.165) is 25.0 Å². The Balaban J connectivity index is 2.49. The monoisotopic (exact) mass is 208 g/mol. The standard InChI is InChI=1S/C11H16N2O2/c1-7-8(2)12-10(13-9(7)14)11(15-3)5-4-6-11/h4-6H2,1-3H3,(H,12,13,14). The molecule has 0 saturated heterocycles. The smallest absolute Gasteiger partial charge is 0.254 e. The summed E-state index contributed by atoms with van der Waals surface area (Å²) in [6.45, 7) is 3.64. The van der Waals surface area contributed by atoms with Crippen molar-refractivity contribution in [1.82, 2.24) is 9.97 Å². The van der Waals surface area contributed by atoms with Gasteiger partial charge in [-0.1, -0.05) is 0 Å². The molecule has 2 rings (SSSR count). The number of hydrogen-bond acceptors (Lipinski definition) is 3. The summed E-state index contributed by atoms with van der Waals surface area (Å²) < 4.78 is 5.48. The molecule has 1 aromatic heterocycles. The Kier molecular flexibility index (Phi) is 2.38. The minimum absolute atomic E-state index is 0.0548. The summed E-state index contributed by atoms with van der Waals surface area (Å²) in [5.74, 6) is 0.685. The summed E-state index contributed by atoms with van der Waals surface area (Å²) in [5.41, 5.74) is 1.08. The SMILES string of the molecule is COC1(c2nc(C)c(C)c(=O)[nH]2)CCC1. The first kappa shape index (κ1) is 10.4. The summed E-state index contributed by atoms with van der Waals surface area (Å²) in [7, 11) is 1.67. The van der Waals surface area contributed by atoms with Crippen LogP contribution in [0.15, 0.2) is 4.79 Å². The Morgan fingerprint density at radius 3 is 2.47 bits per heavy atom. The molecular formula is C11H16N2O2. The van der Waals surface area contributed by atoms with Crippen molar-refractivity contribution < 1.29 is 4.74 Å². The quantitative estimate of drug-likeness (QED) is 0.799. The number of nitrogens with one attached hydrogen (secondary N) is 1. The number of hydrogen-bond donors (Lipinski definition) is 1. The molecule has 0 atom stereocenters. The van der Waals surface area contributed by atoms with E-state index in [1.165, 1.54) is 0 Å². The molecule has 0 amide bonds. The van der Waals surface area contributed by atoms with E-state index in [0.29, 0.717) is 11.4 Å². The van der Waals surface area contributed by atoms with Crippen LogP contribution in [0.5, 0.6) is 0 Å². The van der Waals surface area contributed by atoms with Crippen molar-refractivity contribution in [2.24, 2.45) is 0 Å². The van der Waals surface area contributed by atoms with Gasteiger partial charge in [0.2, 0.25) is 0 Å². The van der Waals surface area contributed by atoms with Crippen molar-refractivity contribution in [3.8, 4) is 0 Å². The summed E-state index contributed by atoms with van der Waals surface area (Å²) in [6, 6.07) is 0. The number of H-pyrrole nitrogens is 1. The van der Waals surface area contributed by atoms with Crippen LogP contribution in [-0.4, -0.2) is 17.1 Å². The van der Waals surface area contributed by atoms with Crippen LogP contribution < -0.4 is 5.56 Å². The normalized spacial score (nSPS) is 18.6. The van der Waals surface area contributed by atoms with Gasteiger partial charge in [0.15, 0.2) is 0 Å². The maximum absolute atomic E-state index is 11.6. The first-order valence-electron chi connectivity index (χ1n) is 5.22. The Morgan fingerprint density at radius 2 is 2.07 bits per heavy atom. The van der Waals surface area contributed by atoms with Crippen LogP contribution in [0.1, 0.15) is 36.3 Å². The number of nitrogens with zero attached hydrogens (tertiary/aromatic N) is 1. The Bertz CT molecular complexity index is 427. The Hall–Kier alpha value is -1.16. The van der Waals surface area contributed by atoms with Gasteiger partial charge in [0.25, 0.3) is 5.56 Å². The Labute approximate surface area is 88.7 Å². The van der Waals surface area contributed by atoms with E-state index in [4.69, 9.17) is 4.74 Å². The van der Waals surface area contributed by atoms with Crippen molar-refractivity contribution in [3.63, 3.8) is 0 Å². The molecule has 82 valence electrons. The van der Waals surface area contributed by atoms with Gasteiger partial charge >= 0.3 is 0 Å². The van der Waals surface area contributed by atoms with Crippen molar-refractivity contribution in [2.45, 2.75) is 38.7 Å². The fraction of sp³-hybridized carbons (Fsp3) is 0.636. The zero-order valence-corrected chi connectivity index (χ0v) is 9.39. The van der Waals surface area contributed by atoms with Gasteiger partial charge in [-0.15, -0.1) is 0 Å². The van der Waals surface area contributed by atoms with E-state index in [9.17, 15) is 4.79 Å². The molecule has 1 aliphatic carbocycles. The maximum atomic E-state index is 11.6. The lowest BCUT2D eigenvalue weighted by Gasteiger charge is -2.39. The van der Waals surface area contributed by atoms with Crippen LogP contribution in [0.3, 0.4) is 0 Å². The van der Waals surface area contributed by atoms with Crippen LogP contribution in [0.4, 0.5) is 0 Å². The highest BCUT2D eigenvalue weighted by Crippen LogP contribution is 2.42. The second-order valence-corrected chi connectivity index (χ2v) is 4.18. The van der Waals surface area contributed by atoms with Gasteiger partial charge in [-0.25, -0.2) is 4.98 Å². The maximum Gasteiger partial charge on any atom is 0.254 e. The molecule has 1 aromatic rings. The van der Waals surface area contributed by atoms with E-state index in [1.807, 2.05) is 6.92 Å². The summed E-state index contributed by atoms with van der Waals surface area (Å²) in [5, 5.41) is 0. The molecule has 4 heteroatoms. The van der Waals surface area contributed by atoms with Crippen LogP contribution in [-0.2, 0) is 10.3 Å². The van der Waals surface area contributed by atoms with Crippen molar-refractivity contribution in [3.05, 3.63) is 27.4 Å². The lowest BCUT2D eigenvalue weighted by atomic mass is 9.79. The predicted molar refractivity (Wildman–Crippen MR) is 56.9 cm³/mol. The highest BCUT2D eigenvalue weighted by atomic mass is 16.5. The van der Waals surface area contributed by atoms with Crippen molar-refractivity contribution in [2.75, 3.05) is 7.11 Å². The average Bonchev–Trinajstić information content (AvgIpc) is 2.13. The van der Waals surface area contributed by atoms with Gasteiger partial charge in [0, 0.05) is 18.4 Å². The largest absolute Gasteiger partial charge is 0.370 e. The minimum atomic E-state index is -0.336. The molecule has 0 bridgehead atoms. The second-order valence-electron chi connectivity index (χ2n) is 4.18. The van der Waals surface area contributed by atoms with Crippen LogP contribution in [0.25, 0.3) is 0 Å². The third-order valence-electron chi connectivity index (χ3n) is 3.38. The van der Waals surface area contributed by atoms with Gasteiger partial charge in [0.1, 0.15) is 11.4 Å². The third-order valence-corrected chi connectivity index (χ3v) is 3.38. The molecule has 0 aliphatic heterocycles. The first-order chi connectivity index (χ1) is 7.09. The van der Waals surface area contributed by atoms with Gasteiger partial charge in [-0.05, 0) is 33.1 Å². The van der Waals surface area contributed by atoms with Crippen LogP contribution >= 0.6 is 0 Å². The van der Waals surface area contributed by atoms with Gasteiger partial charge in [0.05, 0.1) is 0 Å². The molecule has 1 N–H and O–H groups in total. The van der Waals surface area contributed by atoms with Crippen LogP contribution in [0, 0.1) is 13.8 Å². The van der Waals surface area contributed by atoms with E-state index >= 15 is 0 Å². The summed E-state index contributed by atoms with van der Waals surface area (Å²) in [6.07, 6.45) is 3.01. The number of aryl methyl sites for hydroxylation is 1. The van der Waals surface area contributed by atoms with E-state index in [2.05, 4.69) is 9.97 Å². The molecule has 4 nitrogen and oxygen atoms in total. The number of ether oxygens (including phenoxy) is 1. The van der Waals surface area contributed by atoms with Crippen LogP contribution in [0.2, 0.25) is 0 Å². The van der Waals surface area contributed by atoms with E-state index < -0.39 is 0 Å². The van der Waals surface area contributed by atoms with E-state index in [-0.39, 0.29) is 11.2 Å². The minimum Gasteiger partial charge on any atom is -0.370 e. The lowest BCUT2D eigenvalue weighted by Crippen LogP contribution is -2.40.